The predicted octanol–water partition coefficient (Wildman–Crippen LogP) is 6.72. The molecule has 0 N–H and O–H groups in total. The molecule has 1 atom stereocenters. The fraction of sp³-hybridized carbons (Fsp3) is 0.778. The Labute approximate surface area is 211 Å². The Hall–Kier alpha value is -1.05. The number of hydrogen-bond acceptors (Lipinski definition) is 4. The fourth-order valence-corrected chi connectivity index (χ4v) is 20.4. The molecule has 1 aromatic rings. The van der Waals surface area contributed by atoms with E-state index < -0.39 is 24.0 Å². The van der Waals surface area contributed by atoms with Gasteiger partial charge in [-0.2, -0.15) is 0 Å². The monoisotopic (exact) mass is 585 g/mol. The van der Waals surface area contributed by atoms with Crippen molar-refractivity contribution in [3.8, 4) is 0 Å². The van der Waals surface area contributed by atoms with Crippen LogP contribution in [0.5, 0.6) is 0 Å². The van der Waals surface area contributed by atoms with Gasteiger partial charge in [0.15, 0.2) is 0 Å². The number of anilines is 1. The van der Waals surface area contributed by atoms with Crippen molar-refractivity contribution in [1.82, 2.24) is 9.88 Å². The molecule has 1 aliphatic rings. The molecule has 5 nitrogen and oxygen atoms in total. The number of rotatable bonds is 11. The number of nitrogens with zero attached hydrogens (tertiary/aromatic N) is 3. The number of ether oxygens (including phenoxy) is 1. The summed E-state index contributed by atoms with van der Waals surface area (Å²) in [5.41, 5.74) is -0.515. The second-order valence-electron chi connectivity index (χ2n) is 11.1. The normalized spacial score (nSPS) is 17.2. The summed E-state index contributed by atoms with van der Waals surface area (Å²) < 4.78 is 25.6. The van der Waals surface area contributed by atoms with Crippen LogP contribution in [0.4, 0.5) is 15.0 Å². The molecule has 34 heavy (non-hydrogen) atoms. The zero-order valence-electron chi connectivity index (χ0n) is 22.8. The molecule has 194 valence electrons. The van der Waals surface area contributed by atoms with Crippen LogP contribution in [0.15, 0.2) is 12.1 Å². The third-order valence-electron chi connectivity index (χ3n) is 6.93. The molecule has 0 bridgehead atoms. The molecule has 1 aliphatic heterocycles. The second kappa shape index (κ2) is 13.3. The molecule has 1 fully saturated rings. The van der Waals surface area contributed by atoms with Crippen LogP contribution in [0.2, 0.25) is 13.3 Å². The first-order chi connectivity index (χ1) is 16.0. The Morgan fingerprint density at radius 3 is 2.09 bits per heavy atom. The van der Waals surface area contributed by atoms with Gasteiger partial charge in [0, 0.05) is 0 Å². The van der Waals surface area contributed by atoms with Gasteiger partial charge in [-0.3, -0.25) is 0 Å². The van der Waals surface area contributed by atoms with Crippen LogP contribution >= 0.6 is 0 Å². The first-order valence-electron chi connectivity index (χ1n) is 13.5. The average molecular weight is 584 g/mol. The summed E-state index contributed by atoms with van der Waals surface area (Å²) in [4.78, 5) is 21.8. The molecule has 1 aromatic heterocycles. The van der Waals surface area contributed by atoms with E-state index in [2.05, 4.69) is 25.7 Å². The van der Waals surface area contributed by atoms with Gasteiger partial charge >= 0.3 is 212 Å². The van der Waals surface area contributed by atoms with Crippen molar-refractivity contribution in [3.63, 3.8) is 0 Å². The van der Waals surface area contributed by atoms with Crippen molar-refractivity contribution in [1.29, 1.82) is 0 Å². The van der Waals surface area contributed by atoms with E-state index in [1.807, 2.05) is 27.7 Å². The van der Waals surface area contributed by atoms with E-state index in [0.29, 0.717) is 19.6 Å². The van der Waals surface area contributed by atoms with Gasteiger partial charge in [-0.1, -0.05) is 0 Å². The summed E-state index contributed by atoms with van der Waals surface area (Å²) in [6.07, 6.45) is 6.95. The molecule has 0 aromatic carbocycles. The summed E-state index contributed by atoms with van der Waals surface area (Å²) in [7, 11) is 0. The number of hydrogen-bond donors (Lipinski definition) is 0. The molecular formula is C27H48FN3O2Sn. The summed E-state index contributed by atoms with van der Waals surface area (Å²) in [5.74, 6) is 0.587. The van der Waals surface area contributed by atoms with Crippen molar-refractivity contribution in [2.75, 3.05) is 24.5 Å². The first-order valence-corrected chi connectivity index (χ1v) is 21.0. The van der Waals surface area contributed by atoms with Gasteiger partial charge in [0.25, 0.3) is 0 Å². The van der Waals surface area contributed by atoms with E-state index in [1.54, 1.807) is 17.0 Å². The molecule has 1 saturated heterocycles. The van der Waals surface area contributed by atoms with Gasteiger partial charge in [-0.25, -0.2) is 0 Å². The summed E-state index contributed by atoms with van der Waals surface area (Å²) in [6.45, 7) is 16.3. The number of unbranched alkanes of at least 4 members (excludes halogenated alkanes) is 3. The van der Waals surface area contributed by atoms with Crippen molar-refractivity contribution < 1.29 is 13.9 Å². The zero-order valence-corrected chi connectivity index (χ0v) is 25.6. The van der Waals surface area contributed by atoms with Crippen LogP contribution in [0.3, 0.4) is 0 Å². The average Bonchev–Trinajstić information content (AvgIpc) is 2.77. The molecule has 0 radical (unpaired) electrons. The fourth-order valence-electron chi connectivity index (χ4n) is 4.98. The number of carbonyl (C=O) groups excluding carboxylic acids is 1. The van der Waals surface area contributed by atoms with Crippen molar-refractivity contribution >= 4 is 34.0 Å². The van der Waals surface area contributed by atoms with Gasteiger partial charge in [-0.15, -0.1) is 0 Å². The Kier molecular flexibility index (Phi) is 11.4. The number of pyridine rings is 1. The molecular weight excluding hydrogens is 536 g/mol. The number of piperazine rings is 1. The predicted molar refractivity (Wildman–Crippen MR) is 143 cm³/mol. The third kappa shape index (κ3) is 8.27. The molecule has 0 spiro atoms. The van der Waals surface area contributed by atoms with E-state index in [-0.39, 0.29) is 18.0 Å². The first kappa shape index (κ1) is 29.2. The van der Waals surface area contributed by atoms with Gasteiger partial charge in [0.05, 0.1) is 0 Å². The molecule has 7 heteroatoms. The number of amides is 1. The van der Waals surface area contributed by atoms with Gasteiger partial charge in [0.2, 0.25) is 0 Å². The standard InChI is InChI=1S/C15H21FN3O2.3C4H9.Sn/c1-11-10-18(13-9-12(16)5-6-17-13)7-8-19(11)14(20)21-15(2,3)4;3*1-3-4-2;/h5,9,11H,7-8,10H2,1-4H3;3*1,3-4H2,2H3;/t11-;;;;/m0..../s1. The Morgan fingerprint density at radius 2 is 1.62 bits per heavy atom. The molecule has 2 rings (SSSR count). The molecule has 2 heterocycles. The maximum atomic E-state index is 15.0. The molecule has 0 unspecified atom stereocenters. The summed E-state index contributed by atoms with van der Waals surface area (Å²) >= 11 is -2.84. The van der Waals surface area contributed by atoms with Crippen LogP contribution < -0.4 is 8.61 Å². The number of aromatic nitrogens is 1. The van der Waals surface area contributed by atoms with E-state index >= 15 is 4.39 Å². The van der Waals surface area contributed by atoms with E-state index in [1.165, 1.54) is 51.8 Å². The second-order valence-corrected chi connectivity index (χ2v) is 24.1. The van der Waals surface area contributed by atoms with E-state index in [9.17, 15) is 4.79 Å². The molecule has 0 saturated carbocycles. The molecule has 1 amide bonds. The van der Waals surface area contributed by atoms with Gasteiger partial charge in [-0.05, 0) is 0 Å². The van der Waals surface area contributed by atoms with Crippen LogP contribution in [0.25, 0.3) is 0 Å². The quantitative estimate of drug-likeness (QED) is 0.271. The zero-order chi connectivity index (χ0) is 25.4. The van der Waals surface area contributed by atoms with Crippen LogP contribution in [0, 0.1) is 5.82 Å². The number of halogens is 1. The SMILES string of the molecule is CCC[CH2][Sn]([CH2]CCC)([CH2]CCC)[c]1cc(F)cc(N2CCN(C(=O)OC(C)(C)C)[C@@H](C)C2)n1. The summed E-state index contributed by atoms with van der Waals surface area (Å²) in [6, 6.07) is 3.35. The van der Waals surface area contributed by atoms with E-state index in [4.69, 9.17) is 9.72 Å². The Morgan fingerprint density at radius 1 is 1.06 bits per heavy atom. The topological polar surface area (TPSA) is 45.7 Å². The van der Waals surface area contributed by atoms with Gasteiger partial charge < -0.3 is 0 Å². The minimum absolute atomic E-state index is 0.0225. The number of carbonyl (C=O) groups is 1. The Bertz CT molecular complexity index is 762. The maximum absolute atomic E-state index is 15.0. The third-order valence-corrected chi connectivity index (χ3v) is 22.0. The summed E-state index contributed by atoms with van der Waals surface area (Å²) in [5, 5.41) is 0. The molecule has 0 aliphatic carbocycles. The van der Waals surface area contributed by atoms with Crippen molar-refractivity contribution in [2.45, 2.75) is 112 Å². The van der Waals surface area contributed by atoms with Crippen molar-refractivity contribution in [3.05, 3.63) is 17.9 Å². The van der Waals surface area contributed by atoms with Crippen LogP contribution in [0.1, 0.15) is 87.0 Å². The van der Waals surface area contributed by atoms with Gasteiger partial charge in [0.1, 0.15) is 0 Å². The van der Waals surface area contributed by atoms with Crippen LogP contribution in [-0.4, -0.2) is 65.6 Å². The minimum atomic E-state index is -2.84. The Balaban J connectivity index is 2.30. The van der Waals surface area contributed by atoms with E-state index in [0.717, 1.165) is 9.53 Å². The van der Waals surface area contributed by atoms with Crippen LogP contribution in [-0.2, 0) is 4.74 Å². The van der Waals surface area contributed by atoms with Crippen molar-refractivity contribution in [2.24, 2.45) is 0 Å².